The molecule has 1 aliphatic heterocycles. The minimum atomic E-state index is -1.99. The molecule has 0 spiro atoms. The number of carboxylic acid groups (broad SMARTS) is 2. The molecule has 2 amide bonds. The molecule has 0 unspecified atom stereocenters. The molecule has 0 radical (unpaired) electrons. The summed E-state index contributed by atoms with van der Waals surface area (Å²) in [4.78, 5) is 47.9. The van der Waals surface area contributed by atoms with E-state index in [0.717, 1.165) is 0 Å². The van der Waals surface area contributed by atoms with Gasteiger partial charge in [0, 0.05) is 18.9 Å². The first-order valence-corrected chi connectivity index (χ1v) is 16.6. The van der Waals surface area contributed by atoms with E-state index in [9.17, 15) is 19.5 Å². The van der Waals surface area contributed by atoms with Crippen LogP contribution in [0.4, 0.5) is 10.6 Å². The Morgan fingerprint density at radius 2 is 1.85 bits per heavy atom. The number of carbonyl (C=O) groups excluding carboxylic acids is 1. The van der Waals surface area contributed by atoms with Crippen molar-refractivity contribution in [3.63, 3.8) is 0 Å². The number of ether oxygens (including phenoxy) is 2. The minimum Gasteiger partial charge on any atom is -0.481 e. The third-order valence-corrected chi connectivity index (χ3v) is 12.7. The van der Waals surface area contributed by atoms with Gasteiger partial charge in [-0.15, -0.1) is 0 Å². The molecule has 3 heterocycles. The number of carboxylic acids is 2. The van der Waals surface area contributed by atoms with Gasteiger partial charge in [0.1, 0.15) is 18.5 Å². The zero-order valence-corrected chi connectivity index (χ0v) is 25.5. The standard InChI is InChI=1S/C26H40N6O8Si/c1-25(2,3)41(6,7)38-11-14-10-16(20-19(14)39-26(4,5)40-20)32-13-29-18-21(27-12-28-22(18)32)31-24(37)30-15(23(35)36)8-9-17(33)34/h12-16,19-20H,8-11H2,1-7H3,(H,33,34)(H,35,36)(H2,27,28,30,31,37)/t14-,15+,16-,19-,20+/m1/s1. The van der Waals surface area contributed by atoms with Crippen LogP contribution in [-0.4, -0.2) is 86.7 Å². The first-order valence-electron chi connectivity index (χ1n) is 13.7. The van der Waals surface area contributed by atoms with E-state index in [0.29, 0.717) is 24.2 Å². The number of urea groups is 1. The molecule has 0 bridgehead atoms. The van der Waals surface area contributed by atoms with E-state index < -0.39 is 44.5 Å². The van der Waals surface area contributed by atoms with E-state index in [4.69, 9.17) is 19.0 Å². The maximum atomic E-state index is 12.6. The van der Waals surface area contributed by atoms with Crippen molar-refractivity contribution in [2.45, 2.75) is 102 Å². The SMILES string of the molecule is CC1(C)O[C@@H]2[C@@H](CO[Si](C)(C)C(C)(C)C)C[C@@H](n3cnc4c(NC(=O)N[C@@H](CCC(=O)O)C(=O)O)ncnc43)[C@@H]2O1. The summed E-state index contributed by atoms with van der Waals surface area (Å²) in [7, 11) is -1.99. The Kier molecular flexibility index (Phi) is 8.46. The lowest BCUT2D eigenvalue weighted by Gasteiger charge is -2.37. The number of aliphatic carboxylic acids is 2. The molecule has 226 valence electrons. The van der Waals surface area contributed by atoms with Gasteiger partial charge in [-0.25, -0.2) is 24.5 Å². The predicted molar refractivity (Wildman–Crippen MR) is 150 cm³/mol. The van der Waals surface area contributed by atoms with Crippen LogP contribution >= 0.6 is 0 Å². The minimum absolute atomic E-state index is 0.0740. The summed E-state index contributed by atoms with van der Waals surface area (Å²) in [5, 5.41) is 23.1. The lowest BCUT2D eigenvalue weighted by molar-refractivity contribution is -0.161. The van der Waals surface area contributed by atoms with Crippen molar-refractivity contribution in [1.29, 1.82) is 0 Å². The maximum Gasteiger partial charge on any atom is 0.326 e. The van der Waals surface area contributed by atoms with Crippen molar-refractivity contribution in [3.05, 3.63) is 12.7 Å². The molecule has 2 aromatic rings. The number of rotatable bonds is 10. The fourth-order valence-corrected chi connectivity index (χ4v) is 6.10. The van der Waals surface area contributed by atoms with E-state index in [1.165, 1.54) is 6.33 Å². The zero-order valence-electron chi connectivity index (χ0n) is 24.5. The van der Waals surface area contributed by atoms with Gasteiger partial charge in [0.25, 0.3) is 0 Å². The fraction of sp³-hybridized carbons (Fsp3) is 0.692. The van der Waals surface area contributed by atoms with Crippen LogP contribution in [-0.2, 0) is 23.5 Å². The van der Waals surface area contributed by atoms with Crippen molar-refractivity contribution >= 4 is 43.3 Å². The van der Waals surface area contributed by atoms with Gasteiger partial charge in [0.05, 0.1) is 18.5 Å². The number of fused-ring (bicyclic) bond motifs is 2. The predicted octanol–water partition coefficient (Wildman–Crippen LogP) is 3.37. The maximum absolute atomic E-state index is 12.6. The molecule has 14 nitrogen and oxygen atoms in total. The molecule has 2 aromatic heterocycles. The van der Waals surface area contributed by atoms with Crippen molar-refractivity contribution < 1.29 is 38.5 Å². The van der Waals surface area contributed by atoms with Crippen LogP contribution in [0.2, 0.25) is 18.1 Å². The number of hydrogen-bond acceptors (Lipinski definition) is 9. The number of nitrogens with zero attached hydrogens (tertiary/aromatic N) is 4. The van der Waals surface area contributed by atoms with Crippen molar-refractivity contribution in [3.8, 4) is 0 Å². The van der Waals surface area contributed by atoms with Crippen LogP contribution in [0.15, 0.2) is 12.7 Å². The Morgan fingerprint density at radius 1 is 1.17 bits per heavy atom. The monoisotopic (exact) mass is 592 g/mol. The lowest BCUT2D eigenvalue weighted by Crippen LogP contribution is -2.43. The second-order valence-corrected chi connectivity index (χ2v) is 17.5. The second-order valence-electron chi connectivity index (χ2n) is 12.7. The molecular weight excluding hydrogens is 552 g/mol. The van der Waals surface area contributed by atoms with Crippen LogP contribution < -0.4 is 10.6 Å². The molecule has 1 saturated heterocycles. The largest absolute Gasteiger partial charge is 0.481 e. The Morgan fingerprint density at radius 3 is 2.49 bits per heavy atom. The number of hydrogen-bond donors (Lipinski definition) is 4. The summed E-state index contributed by atoms with van der Waals surface area (Å²) < 4.78 is 21.2. The van der Waals surface area contributed by atoms with Crippen LogP contribution in [0.1, 0.15) is 59.9 Å². The molecule has 4 N–H and O–H groups in total. The number of amides is 2. The quantitative estimate of drug-likeness (QED) is 0.296. The molecule has 1 aliphatic carbocycles. The number of aromatic nitrogens is 4. The molecule has 15 heteroatoms. The van der Waals surface area contributed by atoms with E-state index in [2.05, 4.69) is 59.5 Å². The Hall–Kier alpha value is -3.14. The molecular formula is C26H40N6O8Si. The normalized spacial score (nSPS) is 24.7. The average Bonchev–Trinajstić information content (AvgIpc) is 3.50. The summed E-state index contributed by atoms with van der Waals surface area (Å²) >= 11 is 0. The summed E-state index contributed by atoms with van der Waals surface area (Å²) in [5.41, 5.74) is 0.787. The highest BCUT2D eigenvalue weighted by Gasteiger charge is 2.55. The van der Waals surface area contributed by atoms with E-state index in [1.54, 1.807) is 6.33 Å². The molecule has 4 rings (SSSR count). The molecule has 0 aromatic carbocycles. The highest BCUT2D eigenvalue weighted by atomic mass is 28.4. The highest BCUT2D eigenvalue weighted by Crippen LogP contribution is 2.48. The van der Waals surface area contributed by atoms with E-state index >= 15 is 0 Å². The summed E-state index contributed by atoms with van der Waals surface area (Å²) in [6, 6.07) is -2.40. The topological polar surface area (TPSA) is 187 Å². The lowest BCUT2D eigenvalue weighted by atomic mass is 10.1. The van der Waals surface area contributed by atoms with Gasteiger partial charge in [0.2, 0.25) is 0 Å². The molecule has 41 heavy (non-hydrogen) atoms. The van der Waals surface area contributed by atoms with Crippen molar-refractivity contribution in [2.24, 2.45) is 5.92 Å². The smallest absolute Gasteiger partial charge is 0.326 e. The van der Waals surface area contributed by atoms with Crippen LogP contribution in [0.3, 0.4) is 0 Å². The average molecular weight is 593 g/mol. The molecule has 2 fully saturated rings. The Bertz CT molecular complexity index is 1310. The zero-order chi connectivity index (χ0) is 30.3. The number of carbonyl (C=O) groups is 3. The molecule has 2 aliphatic rings. The third kappa shape index (κ3) is 6.68. The third-order valence-electron chi connectivity index (χ3n) is 8.21. The van der Waals surface area contributed by atoms with Gasteiger partial charge in [-0.05, 0) is 44.8 Å². The van der Waals surface area contributed by atoms with Gasteiger partial charge >= 0.3 is 18.0 Å². The van der Waals surface area contributed by atoms with Crippen LogP contribution in [0.25, 0.3) is 11.2 Å². The first-order chi connectivity index (χ1) is 19.0. The number of anilines is 1. The summed E-state index contributed by atoms with van der Waals surface area (Å²) in [6.07, 6.45) is 2.50. The van der Waals surface area contributed by atoms with Gasteiger partial charge < -0.3 is 34.0 Å². The second kappa shape index (κ2) is 11.3. The number of nitrogens with one attached hydrogen (secondary N) is 2. The van der Waals surface area contributed by atoms with Crippen LogP contribution in [0, 0.1) is 5.92 Å². The van der Waals surface area contributed by atoms with Crippen LogP contribution in [0.5, 0.6) is 0 Å². The van der Waals surface area contributed by atoms with Gasteiger partial charge in [-0.3, -0.25) is 10.1 Å². The van der Waals surface area contributed by atoms with Crippen molar-refractivity contribution in [2.75, 3.05) is 11.9 Å². The first kappa shape index (κ1) is 30.8. The highest BCUT2D eigenvalue weighted by molar-refractivity contribution is 6.74. The molecule has 1 saturated carbocycles. The Labute approximate surface area is 239 Å². The van der Waals surface area contributed by atoms with Crippen molar-refractivity contribution in [1.82, 2.24) is 24.8 Å². The van der Waals surface area contributed by atoms with Gasteiger partial charge in [0.15, 0.2) is 31.1 Å². The molecule has 5 atom stereocenters. The van der Waals surface area contributed by atoms with Gasteiger partial charge in [-0.1, -0.05) is 20.8 Å². The number of imidazole rings is 1. The summed E-state index contributed by atoms with van der Waals surface area (Å²) in [6.45, 7) is 15.4. The van der Waals surface area contributed by atoms with E-state index in [1.807, 2.05) is 18.4 Å². The summed E-state index contributed by atoms with van der Waals surface area (Å²) in [5.74, 6) is -3.10. The van der Waals surface area contributed by atoms with Gasteiger partial charge in [-0.2, -0.15) is 0 Å². The fourth-order valence-electron chi connectivity index (χ4n) is 5.04. The van der Waals surface area contributed by atoms with E-state index in [-0.39, 0.29) is 41.4 Å². The Balaban J connectivity index is 1.54.